The molecule has 2 saturated heterocycles. The summed E-state index contributed by atoms with van der Waals surface area (Å²) in [6.45, 7) is 2.63. The fourth-order valence-electron chi connectivity index (χ4n) is 3.03. The fraction of sp³-hybridized carbons (Fsp3) is 0.867. The largest absolute Gasteiger partial charge is 0.480 e. The van der Waals surface area contributed by atoms with Gasteiger partial charge < -0.3 is 19.9 Å². The Labute approximate surface area is 125 Å². The molecule has 0 radical (unpaired) electrons. The molecule has 1 amide bonds. The van der Waals surface area contributed by atoms with E-state index in [4.69, 9.17) is 9.47 Å². The lowest BCUT2D eigenvalue weighted by Gasteiger charge is -2.28. The minimum absolute atomic E-state index is 0.122. The lowest BCUT2D eigenvalue weighted by Crippen LogP contribution is -2.48. The van der Waals surface area contributed by atoms with E-state index < -0.39 is 12.0 Å². The van der Waals surface area contributed by atoms with Gasteiger partial charge in [-0.3, -0.25) is 4.79 Å². The van der Waals surface area contributed by atoms with Crippen molar-refractivity contribution >= 4 is 11.9 Å². The average Bonchev–Trinajstić information content (AvgIpc) is 2.52. The number of aliphatic carboxylic acids is 1. The van der Waals surface area contributed by atoms with Gasteiger partial charge in [-0.25, -0.2) is 4.79 Å². The quantitative estimate of drug-likeness (QED) is 0.769. The Morgan fingerprint density at radius 2 is 1.90 bits per heavy atom. The fourth-order valence-corrected chi connectivity index (χ4v) is 3.03. The van der Waals surface area contributed by atoms with Crippen molar-refractivity contribution in [2.75, 3.05) is 26.4 Å². The minimum atomic E-state index is -0.968. The van der Waals surface area contributed by atoms with Gasteiger partial charge in [0.15, 0.2) is 0 Å². The lowest BCUT2D eigenvalue weighted by molar-refractivity contribution is -0.145. The molecule has 6 heteroatoms. The highest BCUT2D eigenvalue weighted by atomic mass is 16.5. The van der Waals surface area contributed by atoms with E-state index >= 15 is 0 Å². The van der Waals surface area contributed by atoms with Crippen molar-refractivity contribution in [3.8, 4) is 0 Å². The summed E-state index contributed by atoms with van der Waals surface area (Å²) in [6, 6.07) is -0.826. The van der Waals surface area contributed by atoms with Gasteiger partial charge in [0, 0.05) is 32.2 Å². The normalized spacial score (nSPS) is 25.2. The molecule has 2 aliphatic rings. The van der Waals surface area contributed by atoms with E-state index in [0.717, 1.165) is 45.3 Å². The van der Waals surface area contributed by atoms with Gasteiger partial charge in [-0.15, -0.1) is 0 Å². The van der Waals surface area contributed by atoms with Gasteiger partial charge >= 0.3 is 5.97 Å². The third-order valence-electron chi connectivity index (χ3n) is 4.37. The van der Waals surface area contributed by atoms with Gasteiger partial charge in [-0.05, 0) is 38.0 Å². The molecule has 0 aromatic carbocycles. The summed E-state index contributed by atoms with van der Waals surface area (Å²) in [5, 5.41) is 12.0. The molecular weight excluding hydrogens is 274 g/mol. The molecule has 2 N–H and O–H groups in total. The van der Waals surface area contributed by atoms with Crippen LogP contribution in [-0.4, -0.2) is 49.5 Å². The summed E-state index contributed by atoms with van der Waals surface area (Å²) >= 11 is 0. The second-order valence-electron chi connectivity index (χ2n) is 5.96. The lowest BCUT2D eigenvalue weighted by atomic mass is 9.92. The standard InChI is InChI=1S/C15H25NO5/c17-13(4-3-11-5-8-20-9-6-11)16-14(15(18)19)12-2-1-7-21-10-12/h11-12,14H,1-10H2,(H,16,17)(H,18,19). The first-order chi connectivity index (χ1) is 10.2. The number of hydrogen-bond acceptors (Lipinski definition) is 4. The number of amides is 1. The number of hydrogen-bond donors (Lipinski definition) is 2. The van der Waals surface area contributed by atoms with Crippen LogP contribution in [0.5, 0.6) is 0 Å². The highest BCUT2D eigenvalue weighted by molar-refractivity contribution is 5.83. The van der Waals surface area contributed by atoms with E-state index in [-0.39, 0.29) is 11.8 Å². The van der Waals surface area contributed by atoms with E-state index in [2.05, 4.69) is 5.32 Å². The van der Waals surface area contributed by atoms with Crippen LogP contribution in [0.1, 0.15) is 38.5 Å². The molecule has 0 aliphatic carbocycles. The number of carbonyl (C=O) groups excluding carboxylic acids is 1. The van der Waals surface area contributed by atoms with Crippen LogP contribution in [0.3, 0.4) is 0 Å². The Hall–Kier alpha value is -1.14. The van der Waals surface area contributed by atoms with E-state index in [1.165, 1.54) is 0 Å². The van der Waals surface area contributed by atoms with Crippen molar-refractivity contribution < 1.29 is 24.2 Å². The summed E-state index contributed by atoms with van der Waals surface area (Å²) in [6.07, 6.45) is 4.83. The predicted octanol–water partition coefficient (Wildman–Crippen LogP) is 1.19. The van der Waals surface area contributed by atoms with Crippen LogP contribution >= 0.6 is 0 Å². The number of rotatable bonds is 6. The zero-order valence-electron chi connectivity index (χ0n) is 12.4. The molecule has 21 heavy (non-hydrogen) atoms. The van der Waals surface area contributed by atoms with E-state index in [0.29, 0.717) is 25.6 Å². The summed E-state index contributed by atoms with van der Waals surface area (Å²) in [5.74, 6) is -0.738. The number of ether oxygens (including phenoxy) is 2. The van der Waals surface area contributed by atoms with Gasteiger partial charge in [-0.2, -0.15) is 0 Å². The summed E-state index contributed by atoms with van der Waals surface area (Å²) in [7, 11) is 0. The maximum Gasteiger partial charge on any atom is 0.326 e. The van der Waals surface area contributed by atoms with E-state index in [9.17, 15) is 14.7 Å². The molecule has 2 rings (SSSR count). The SMILES string of the molecule is O=C(CCC1CCOCC1)NC(C(=O)O)C1CCCOC1. The number of carbonyl (C=O) groups is 2. The molecule has 2 aliphatic heterocycles. The predicted molar refractivity (Wildman–Crippen MR) is 75.9 cm³/mol. The van der Waals surface area contributed by atoms with Crippen molar-refractivity contribution in [1.29, 1.82) is 0 Å². The molecule has 2 unspecified atom stereocenters. The molecule has 2 atom stereocenters. The Kier molecular flexibility index (Phi) is 6.45. The van der Waals surface area contributed by atoms with Crippen LogP contribution in [0.15, 0.2) is 0 Å². The van der Waals surface area contributed by atoms with Crippen LogP contribution in [0.25, 0.3) is 0 Å². The van der Waals surface area contributed by atoms with Crippen molar-refractivity contribution in [3.05, 3.63) is 0 Å². The van der Waals surface area contributed by atoms with Gasteiger partial charge in [0.25, 0.3) is 0 Å². The molecule has 0 saturated carbocycles. The van der Waals surface area contributed by atoms with E-state index in [1.807, 2.05) is 0 Å². The van der Waals surface area contributed by atoms with Crippen molar-refractivity contribution in [1.82, 2.24) is 5.32 Å². The average molecular weight is 299 g/mol. The Bertz CT molecular complexity index is 348. The summed E-state index contributed by atoms with van der Waals surface area (Å²) in [4.78, 5) is 23.4. The first-order valence-electron chi connectivity index (χ1n) is 7.84. The third kappa shape index (κ3) is 5.28. The summed E-state index contributed by atoms with van der Waals surface area (Å²) < 4.78 is 10.6. The van der Waals surface area contributed by atoms with Crippen LogP contribution in [-0.2, 0) is 19.1 Å². The Morgan fingerprint density at radius 1 is 1.14 bits per heavy atom. The van der Waals surface area contributed by atoms with Crippen molar-refractivity contribution in [2.45, 2.75) is 44.6 Å². The highest BCUT2D eigenvalue weighted by Crippen LogP contribution is 2.21. The summed E-state index contributed by atoms with van der Waals surface area (Å²) in [5.41, 5.74) is 0. The van der Waals surface area contributed by atoms with Crippen LogP contribution in [0.4, 0.5) is 0 Å². The Morgan fingerprint density at radius 3 is 2.52 bits per heavy atom. The van der Waals surface area contributed by atoms with Gasteiger partial charge in [-0.1, -0.05) is 0 Å². The minimum Gasteiger partial charge on any atom is -0.480 e. The Balaban J connectivity index is 1.76. The molecule has 0 aromatic heterocycles. The zero-order valence-corrected chi connectivity index (χ0v) is 12.4. The topological polar surface area (TPSA) is 84.9 Å². The maximum absolute atomic E-state index is 12.0. The van der Waals surface area contributed by atoms with Crippen molar-refractivity contribution in [3.63, 3.8) is 0 Å². The molecular formula is C15H25NO5. The maximum atomic E-state index is 12.0. The molecule has 6 nitrogen and oxygen atoms in total. The molecule has 0 bridgehead atoms. The molecule has 2 heterocycles. The molecule has 2 fully saturated rings. The van der Waals surface area contributed by atoms with Crippen LogP contribution in [0.2, 0.25) is 0 Å². The highest BCUT2D eigenvalue weighted by Gasteiger charge is 2.31. The van der Waals surface area contributed by atoms with Gasteiger partial charge in [0.05, 0.1) is 6.61 Å². The van der Waals surface area contributed by atoms with Crippen LogP contribution in [0, 0.1) is 11.8 Å². The van der Waals surface area contributed by atoms with Crippen molar-refractivity contribution in [2.24, 2.45) is 11.8 Å². The monoisotopic (exact) mass is 299 g/mol. The van der Waals surface area contributed by atoms with Gasteiger partial charge in [0.2, 0.25) is 5.91 Å². The van der Waals surface area contributed by atoms with E-state index in [1.54, 1.807) is 0 Å². The molecule has 0 spiro atoms. The zero-order chi connectivity index (χ0) is 15.1. The smallest absolute Gasteiger partial charge is 0.326 e. The number of carboxylic acid groups (broad SMARTS) is 1. The van der Waals surface area contributed by atoms with Gasteiger partial charge in [0.1, 0.15) is 6.04 Å². The second kappa shape index (κ2) is 8.34. The number of carboxylic acids is 1. The van der Waals surface area contributed by atoms with Crippen LogP contribution < -0.4 is 5.32 Å². The second-order valence-corrected chi connectivity index (χ2v) is 5.96. The molecule has 0 aromatic rings. The third-order valence-corrected chi connectivity index (χ3v) is 4.37. The number of nitrogens with one attached hydrogen (secondary N) is 1. The molecule has 120 valence electrons. The first kappa shape index (κ1) is 16.2. The first-order valence-corrected chi connectivity index (χ1v) is 7.84.